The molecule has 0 radical (unpaired) electrons. The molecule has 156 valence electrons. The number of nitrogens with zero attached hydrogens (tertiary/aromatic N) is 4. The van der Waals surface area contributed by atoms with Crippen LogP contribution in [0, 0.1) is 0 Å². The minimum Gasteiger partial charge on any atom is -0.495 e. The second-order valence-corrected chi connectivity index (χ2v) is 7.33. The Morgan fingerprint density at radius 2 is 1.73 bits per heavy atom. The predicted molar refractivity (Wildman–Crippen MR) is 117 cm³/mol. The van der Waals surface area contributed by atoms with Crippen molar-refractivity contribution in [2.45, 2.75) is 19.9 Å². The van der Waals surface area contributed by atoms with Crippen molar-refractivity contribution in [2.75, 3.05) is 38.2 Å². The topological polar surface area (TPSA) is 67.7 Å². The van der Waals surface area contributed by atoms with Gasteiger partial charge in [-0.15, -0.1) is 0 Å². The Kier molecular flexibility index (Phi) is 5.70. The van der Waals surface area contributed by atoms with Crippen molar-refractivity contribution in [3.8, 4) is 5.75 Å². The highest BCUT2D eigenvalue weighted by molar-refractivity contribution is 5.79. The number of carbonyl (C=O) groups is 1. The van der Waals surface area contributed by atoms with Crippen LogP contribution < -0.4 is 15.2 Å². The summed E-state index contributed by atoms with van der Waals surface area (Å²) in [6.45, 7) is 4.62. The van der Waals surface area contributed by atoms with Gasteiger partial charge in [0, 0.05) is 32.6 Å². The lowest BCUT2D eigenvalue weighted by Crippen LogP contribution is -2.50. The second-order valence-electron chi connectivity index (χ2n) is 7.33. The van der Waals surface area contributed by atoms with Crippen molar-refractivity contribution in [3.05, 3.63) is 64.7 Å². The van der Waals surface area contributed by atoms with Gasteiger partial charge < -0.3 is 14.5 Å². The first-order valence-corrected chi connectivity index (χ1v) is 10.3. The molecule has 3 aromatic rings. The number of benzene rings is 2. The third kappa shape index (κ3) is 3.75. The number of para-hydroxylation sites is 3. The maximum atomic E-state index is 13.0. The number of aryl methyl sites for hydroxylation is 1. The molecule has 7 heteroatoms. The van der Waals surface area contributed by atoms with Crippen LogP contribution in [0.15, 0.2) is 53.3 Å². The molecule has 2 heterocycles. The van der Waals surface area contributed by atoms with E-state index in [-0.39, 0.29) is 18.0 Å². The second kappa shape index (κ2) is 8.57. The van der Waals surface area contributed by atoms with Crippen molar-refractivity contribution in [1.29, 1.82) is 0 Å². The van der Waals surface area contributed by atoms with Crippen LogP contribution in [0.25, 0.3) is 10.9 Å². The first kappa shape index (κ1) is 19.9. The molecule has 30 heavy (non-hydrogen) atoms. The summed E-state index contributed by atoms with van der Waals surface area (Å²) in [5, 5.41) is 0.545. The molecule has 0 aliphatic carbocycles. The highest BCUT2D eigenvalue weighted by atomic mass is 16.5. The summed E-state index contributed by atoms with van der Waals surface area (Å²) in [5.74, 6) is 1.42. The Hall–Kier alpha value is -3.35. The summed E-state index contributed by atoms with van der Waals surface area (Å²) in [6.07, 6.45) is 0.592. The predicted octanol–water partition coefficient (Wildman–Crippen LogP) is 2.32. The van der Waals surface area contributed by atoms with Gasteiger partial charge in [0.1, 0.15) is 18.1 Å². The van der Waals surface area contributed by atoms with Crippen LogP contribution in [-0.4, -0.2) is 53.6 Å². The molecular weight excluding hydrogens is 380 g/mol. The summed E-state index contributed by atoms with van der Waals surface area (Å²) in [6, 6.07) is 15.2. The fraction of sp³-hybridized carbons (Fsp3) is 0.348. The number of amides is 1. The molecule has 1 aromatic heterocycles. The largest absolute Gasteiger partial charge is 0.495 e. The lowest BCUT2D eigenvalue weighted by atomic mass is 10.2. The van der Waals surface area contributed by atoms with Gasteiger partial charge in [0.05, 0.1) is 23.7 Å². The number of anilines is 1. The van der Waals surface area contributed by atoms with E-state index in [0.717, 1.165) is 24.5 Å². The van der Waals surface area contributed by atoms with Crippen LogP contribution in [0.4, 0.5) is 5.69 Å². The van der Waals surface area contributed by atoms with Crippen molar-refractivity contribution >= 4 is 22.5 Å². The van der Waals surface area contributed by atoms with Crippen LogP contribution in [-0.2, 0) is 17.8 Å². The fourth-order valence-corrected chi connectivity index (χ4v) is 3.97. The van der Waals surface area contributed by atoms with E-state index in [9.17, 15) is 9.59 Å². The van der Waals surface area contributed by atoms with Crippen molar-refractivity contribution in [2.24, 2.45) is 0 Å². The van der Waals surface area contributed by atoms with E-state index >= 15 is 0 Å². The molecule has 0 unspecified atom stereocenters. The van der Waals surface area contributed by atoms with Crippen LogP contribution in [0.1, 0.15) is 12.7 Å². The Morgan fingerprint density at radius 1 is 1.03 bits per heavy atom. The monoisotopic (exact) mass is 406 g/mol. The van der Waals surface area contributed by atoms with Crippen LogP contribution in [0.3, 0.4) is 0 Å². The molecule has 0 atom stereocenters. The van der Waals surface area contributed by atoms with Gasteiger partial charge >= 0.3 is 0 Å². The third-order valence-corrected chi connectivity index (χ3v) is 5.61. The van der Waals surface area contributed by atoms with Crippen LogP contribution in [0.5, 0.6) is 5.75 Å². The van der Waals surface area contributed by atoms with Crippen molar-refractivity contribution in [3.63, 3.8) is 0 Å². The molecule has 0 spiro atoms. The standard InChI is InChI=1S/C23H26N4O3/c1-3-21-24-18-9-5-4-8-17(18)23(29)27(21)16-22(28)26-14-12-25(13-15-26)19-10-6-7-11-20(19)30-2/h4-11H,3,12-16H2,1-2H3. The Bertz CT molecular complexity index is 1120. The summed E-state index contributed by atoms with van der Waals surface area (Å²) < 4.78 is 6.98. The highest BCUT2D eigenvalue weighted by Gasteiger charge is 2.24. The molecule has 0 saturated carbocycles. The number of aromatic nitrogens is 2. The molecule has 0 N–H and O–H groups in total. The maximum Gasteiger partial charge on any atom is 0.261 e. The number of piperazine rings is 1. The molecular formula is C23H26N4O3. The molecule has 1 fully saturated rings. The normalized spacial score (nSPS) is 14.2. The number of fused-ring (bicyclic) bond motifs is 1. The highest BCUT2D eigenvalue weighted by Crippen LogP contribution is 2.28. The smallest absolute Gasteiger partial charge is 0.261 e. The third-order valence-electron chi connectivity index (χ3n) is 5.61. The van der Waals surface area contributed by atoms with Crippen molar-refractivity contribution < 1.29 is 9.53 Å². The summed E-state index contributed by atoms with van der Waals surface area (Å²) in [5.41, 5.74) is 1.56. The summed E-state index contributed by atoms with van der Waals surface area (Å²) in [7, 11) is 1.67. The van der Waals surface area contributed by atoms with Gasteiger partial charge in [-0.25, -0.2) is 4.98 Å². The molecule has 4 rings (SSSR count). The average Bonchev–Trinajstić information content (AvgIpc) is 2.80. The Morgan fingerprint density at radius 3 is 2.47 bits per heavy atom. The molecule has 1 aliphatic heterocycles. The van der Waals surface area contributed by atoms with Crippen molar-refractivity contribution in [1.82, 2.24) is 14.5 Å². The minimum atomic E-state index is -0.154. The molecule has 0 bridgehead atoms. The summed E-state index contributed by atoms with van der Waals surface area (Å²) >= 11 is 0. The van der Waals surface area contributed by atoms with Gasteiger partial charge in [0.2, 0.25) is 5.91 Å². The van der Waals surface area contributed by atoms with Gasteiger partial charge in [0.25, 0.3) is 5.56 Å². The van der Waals surface area contributed by atoms with E-state index in [2.05, 4.69) is 9.88 Å². The molecule has 1 aliphatic rings. The van der Waals surface area contributed by atoms with E-state index in [1.54, 1.807) is 13.2 Å². The zero-order chi connectivity index (χ0) is 21.1. The van der Waals surface area contributed by atoms with Gasteiger partial charge in [-0.2, -0.15) is 0 Å². The van der Waals surface area contributed by atoms with Crippen LogP contribution >= 0.6 is 0 Å². The zero-order valence-electron chi connectivity index (χ0n) is 17.4. The molecule has 1 amide bonds. The van der Waals surface area contributed by atoms with E-state index in [0.29, 0.717) is 36.2 Å². The van der Waals surface area contributed by atoms with Gasteiger partial charge in [-0.3, -0.25) is 14.2 Å². The van der Waals surface area contributed by atoms with E-state index in [1.807, 2.05) is 54.3 Å². The van der Waals surface area contributed by atoms with E-state index in [1.165, 1.54) is 4.57 Å². The lowest BCUT2D eigenvalue weighted by molar-refractivity contribution is -0.132. The maximum absolute atomic E-state index is 13.0. The quantitative estimate of drug-likeness (QED) is 0.651. The summed E-state index contributed by atoms with van der Waals surface area (Å²) in [4.78, 5) is 34.6. The molecule has 1 saturated heterocycles. The number of hydrogen-bond donors (Lipinski definition) is 0. The van der Waals surface area contributed by atoms with Gasteiger partial charge in [-0.05, 0) is 24.3 Å². The number of hydrogen-bond acceptors (Lipinski definition) is 5. The minimum absolute atomic E-state index is 0.0223. The SMILES string of the molecule is CCc1nc2ccccc2c(=O)n1CC(=O)N1CCN(c2ccccc2OC)CC1. The number of ether oxygens (including phenoxy) is 1. The Balaban J connectivity index is 1.49. The van der Waals surface area contributed by atoms with Crippen LogP contribution in [0.2, 0.25) is 0 Å². The average molecular weight is 406 g/mol. The number of methoxy groups -OCH3 is 1. The fourth-order valence-electron chi connectivity index (χ4n) is 3.97. The zero-order valence-corrected chi connectivity index (χ0v) is 17.4. The molecule has 2 aromatic carbocycles. The van der Waals surface area contributed by atoms with E-state index < -0.39 is 0 Å². The first-order chi connectivity index (χ1) is 14.6. The molecule has 7 nitrogen and oxygen atoms in total. The Labute approximate surface area is 175 Å². The first-order valence-electron chi connectivity index (χ1n) is 10.3. The van der Waals surface area contributed by atoms with Gasteiger partial charge in [0.15, 0.2) is 0 Å². The lowest BCUT2D eigenvalue weighted by Gasteiger charge is -2.36. The van der Waals surface area contributed by atoms with E-state index in [4.69, 9.17) is 4.74 Å². The van der Waals surface area contributed by atoms with Gasteiger partial charge in [-0.1, -0.05) is 31.2 Å². The number of carbonyl (C=O) groups excluding carboxylic acids is 1. The number of rotatable bonds is 5.